The molecule has 3 nitrogen and oxygen atoms in total. The van der Waals surface area contributed by atoms with Crippen molar-refractivity contribution in [1.82, 2.24) is 0 Å². The van der Waals surface area contributed by atoms with Gasteiger partial charge in [-0.3, -0.25) is 4.79 Å². The highest BCUT2D eigenvalue weighted by molar-refractivity contribution is 6.03. The highest BCUT2D eigenvalue weighted by Gasteiger charge is 2.00. The summed E-state index contributed by atoms with van der Waals surface area (Å²) in [6.07, 6.45) is 3.39. The van der Waals surface area contributed by atoms with Crippen LogP contribution >= 0.6 is 0 Å². The van der Waals surface area contributed by atoms with Crippen LogP contribution in [0.4, 0.5) is 5.69 Å². The average Bonchev–Trinajstić information content (AvgIpc) is 2.62. The summed E-state index contributed by atoms with van der Waals surface area (Å²) >= 11 is 0. The molecule has 0 fully saturated rings. The third kappa shape index (κ3) is 3.82. The number of fused-ring (bicyclic) bond motifs is 1. The number of nitrogens with one attached hydrogen (secondary N) is 1. The molecule has 0 aliphatic heterocycles. The first-order valence-corrected chi connectivity index (χ1v) is 7.96. The fourth-order valence-corrected chi connectivity index (χ4v) is 2.55. The number of carbonyl (C=O) groups excluding carboxylic acids is 1. The van der Waals surface area contributed by atoms with Crippen molar-refractivity contribution in [2.24, 2.45) is 0 Å². The van der Waals surface area contributed by atoms with Crippen molar-refractivity contribution in [3.8, 4) is 5.75 Å². The Morgan fingerprint density at radius 2 is 1.75 bits per heavy atom. The molecule has 120 valence electrons. The molecular formula is C21H19NO2. The smallest absolute Gasteiger partial charge is 0.248 e. The van der Waals surface area contributed by atoms with E-state index in [0.717, 1.165) is 27.8 Å². The molecule has 24 heavy (non-hydrogen) atoms. The van der Waals surface area contributed by atoms with Crippen molar-refractivity contribution in [2.45, 2.75) is 6.92 Å². The molecule has 0 heterocycles. The van der Waals surface area contributed by atoms with Crippen molar-refractivity contribution in [2.75, 3.05) is 11.9 Å². The van der Waals surface area contributed by atoms with Crippen molar-refractivity contribution < 1.29 is 9.53 Å². The Kier molecular flexibility index (Phi) is 4.92. The second kappa shape index (κ2) is 7.47. The summed E-state index contributed by atoms with van der Waals surface area (Å²) in [6, 6.07) is 21.5. The van der Waals surface area contributed by atoms with Gasteiger partial charge in [-0.25, -0.2) is 0 Å². The minimum absolute atomic E-state index is 0.160. The van der Waals surface area contributed by atoms with Gasteiger partial charge in [0.1, 0.15) is 5.75 Å². The van der Waals surface area contributed by atoms with Crippen LogP contribution in [0.15, 0.2) is 72.8 Å². The van der Waals surface area contributed by atoms with Gasteiger partial charge in [0.05, 0.1) is 6.61 Å². The highest BCUT2D eigenvalue weighted by Crippen LogP contribution is 2.20. The van der Waals surface area contributed by atoms with Crippen LogP contribution < -0.4 is 10.1 Å². The molecule has 0 atom stereocenters. The van der Waals surface area contributed by atoms with Gasteiger partial charge in [-0.05, 0) is 53.6 Å². The van der Waals surface area contributed by atoms with E-state index in [9.17, 15) is 4.79 Å². The number of benzene rings is 3. The number of rotatable bonds is 5. The van der Waals surface area contributed by atoms with Crippen LogP contribution in [0, 0.1) is 0 Å². The minimum atomic E-state index is -0.160. The van der Waals surface area contributed by atoms with Gasteiger partial charge in [0.2, 0.25) is 5.91 Å². The Hall–Kier alpha value is -3.07. The third-order valence-electron chi connectivity index (χ3n) is 3.67. The van der Waals surface area contributed by atoms with Crippen LogP contribution in [0.2, 0.25) is 0 Å². The largest absolute Gasteiger partial charge is 0.494 e. The molecule has 0 spiro atoms. The van der Waals surface area contributed by atoms with Crippen molar-refractivity contribution in [3.63, 3.8) is 0 Å². The van der Waals surface area contributed by atoms with Gasteiger partial charge < -0.3 is 10.1 Å². The lowest BCUT2D eigenvalue weighted by atomic mass is 10.0. The van der Waals surface area contributed by atoms with Gasteiger partial charge >= 0.3 is 0 Å². The fourth-order valence-electron chi connectivity index (χ4n) is 2.55. The summed E-state index contributed by atoms with van der Waals surface area (Å²) < 4.78 is 5.39. The van der Waals surface area contributed by atoms with E-state index in [2.05, 4.69) is 23.5 Å². The van der Waals surface area contributed by atoms with Crippen LogP contribution in [-0.2, 0) is 4.79 Å². The first kappa shape index (κ1) is 15.8. The number of carbonyl (C=O) groups is 1. The topological polar surface area (TPSA) is 38.3 Å². The van der Waals surface area contributed by atoms with Gasteiger partial charge in [0.25, 0.3) is 0 Å². The van der Waals surface area contributed by atoms with Crippen molar-refractivity contribution >= 4 is 28.4 Å². The van der Waals surface area contributed by atoms with Crippen LogP contribution in [0.3, 0.4) is 0 Å². The lowest BCUT2D eigenvalue weighted by molar-refractivity contribution is -0.111. The Bertz CT molecular complexity index is 861. The molecule has 0 saturated heterocycles. The maximum absolute atomic E-state index is 12.1. The van der Waals surface area contributed by atoms with Gasteiger partial charge in [0.15, 0.2) is 0 Å². The lowest BCUT2D eigenvalue weighted by Crippen LogP contribution is -2.07. The lowest BCUT2D eigenvalue weighted by Gasteiger charge is -2.05. The SMILES string of the molecule is CCOc1ccc(NC(=O)/C=C\c2cccc3ccccc23)cc1. The molecule has 0 aliphatic carbocycles. The molecule has 3 heteroatoms. The second-order valence-corrected chi connectivity index (χ2v) is 5.35. The van der Waals surface area contributed by atoms with E-state index in [1.165, 1.54) is 0 Å². The van der Waals surface area contributed by atoms with E-state index in [0.29, 0.717) is 6.61 Å². The molecular weight excluding hydrogens is 298 g/mol. The average molecular weight is 317 g/mol. The molecule has 0 aromatic heterocycles. The predicted octanol–water partition coefficient (Wildman–Crippen LogP) is 4.89. The Morgan fingerprint density at radius 1 is 1.00 bits per heavy atom. The molecule has 0 bridgehead atoms. The zero-order valence-corrected chi connectivity index (χ0v) is 13.5. The van der Waals surface area contributed by atoms with Crippen LogP contribution in [-0.4, -0.2) is 12.5 Å². The molecule has 3 aromatic rings. The summed E-state index contributed by atoms with van der Waals surface area (Å²) in [5.74, 6) is 0.633. The summed E-state index contributed by atoms with van der Waals surface area (Å²) in [5.41, 5.74) is 1.76. The summed E-state index contributed by atoms with van der Waals surface area (Å²) in [5, 5.41) is 5.14. The number of hydrogen-bond acceptors (Lipinski definition) is 2. The number of anilines is 1. The van der Waals surface area contributed by atoms with Crippen LogP contribution in [0.25, 0.3) is 16.8 Å². The van der Waals surface area contributed by atoms with Crippen LogP contribution in [0.5, 0.6) is 5.75 Å². The molecule has 3 rings (SSSR count). The third-order valence-corrected chi connectivity index (χ3v) is 3.67. The van der Waals surface area contributed by atoms with E-state index >= 15 is 0 Å². The normalized spacial score (nSPS) is 10.9. The van der Waals surface area contributed by atoms with Crippen molar-refractivity contribution in [3.05, 3.63) is 78.4 Å². The molecule has 0 aliphatic rings. The quantitative estimate of drug-likeness (QED) is 0.680. The van der Waals surface area contributed by atoms with Crippen molar-refractivity contribution in [1.29, 1.82) is 0 Å². The minimum Gasteiger partial charge on any atom is -0.494 e. The van der Waals surface area contributed by atoms with E-state index in [1.807, 2.05) is 61.5 Å². The standard InChI is InChI=1S/C21H19NO2/c1-2-24-19-13-11-18(12-14-19)22-21(23)15-10-17-8-5-7-16-6-3-4-9-20(16)17/h3-15H,2H2,1H3,(H,22,23)/b15-10-. The van der Waals surface area contributed by atoms with E-state index in [4.69, 9.17) is 4.74 Å². The first-order valence-electron chi connectivity index (χ1n) is 7.96. The van der Waals surface area contributed by atoms with Gasteiger partial charge in [-0.2, -0.15) is 0 Å². The summed E-state index contributed by atoms with van der Waals surface area (Å²) in [4.78, 5) is 12.1. The molecule has 3 aromatic carbocycles. The van der Waals surface area contributed by atoms with E-state index in [-0.39, 0.29) is 5.91 Å². The summed E-state index contributed by atoms with van der Waals surface area (Å²) in [6.45, 7) is 2.56. The fraction of sp³-hybridized carbons (Fsp3) is 0.0952. The zero-order valence-electron chi connectivity index (χ0n) is 13.5. The zero-order chi connectivity index (χ0) is 16.8. The van der Waals surface area contributed by atoms with Gasteiger partial charge in [0, 0.05) is 11.8 Å². The van der Waals surface area contributed by atoms with Crippen LogP contribution in [0.1, 0.15) is 12.5 Å². The molecule has 1 amide bonds. The molecule has 1 N–H and O–H groups in total. The van der Waals surface area contributed by atoms with E-state index < -0.39 is 0 Å². The Balaban J connectivity index is 1.70. The Labute approximate surface area is 141 Å². The molecule has 0 saturated carbocycles. The van der Waals surface area contributed by atoms with Gasteiger partial charge in [-0.15, -0.1) is 0 Å². The summed E-state index contributed by atoms with van der Waals surface area (Å²) in [7, 11) is 0. The number of amides is 1. The van der Waals surface area contributed by atoms with E-state index in [1.54, 1.807) is 6.08 Å². The first-order chi connectivity index (χ1) is 11.8. The molecule has 0 radical (unpaired) electrons. The Morgan fingerprint density at radius 3 is 2.54 bits per heavy atom. The van der Waals surface area contributed by atoms with Gasteiger partial charge in [-0.1, -0.05) is 42.5 Å². The number of ether oxygens (including phenoxy) is 1. The monoisotopic (exact) mass is 317 g/mol. The second-order valence-electron chi connectivity index (χ2n) is 5.35. The highest BCUT2D eigenvalue weighted by atomic mass is 16.5. The maximum Gasteiger partial charge on any atom is 0.248 e. The molecule has 0 unspecified atom stereocenters. The number of hydrogen-bond donors (Lipinski definition) is 1. The predicted molar refractivity (Wildman–Crippen MR) is 99.2 cm³/mol. The maximum atomic E-state index is 12.1.